The molecule has 1 fully saturated rings. The molecule has 2 aromatic heterocycles. The maximum absolute atomic E-state index is 6.78. The van der Waals surface area contributed by atoms with Gasteiger partial charge in [-0.3, -0.25) is 0 Å². The van der Waals surface area contributed by atoms with Crippen LogP contribution in [0.25, 0.3) is 49.9 Å². The predicted octanol–water partition coefficient (Wildman–Crippen LogP) is 16.8. The van der Waals surface area contributed by atoms with E-state index in [0.29, 0.717) is 11.5 Å². The largest absolute Gasteiger partial charge is 0.509 e. The van der Waals surface area contributed by atoms with Crippen LogP contribution in [0.3, 0.4) is 0 Å². The zero-order valence-electron chi connectivity index (χ0n) is 39.8. The van der Waals surface area contributed by atoms with E-state index in [-0.39, 0.29) is 37.3 Å². The van der Waals surface area contributed by atoms with Gasteiger partial charge in [0, 0.05) is 77.9 Å². The van der Waals surface area contributed by atoms with Gasteiger partial charge in [0.2, 0.25) is 0 Å². The van der Waals surface area contributed by atoms with Crippen molar-refractivity contribution in [1.82, 2.24) is 9.55 Å². The minimum atomic E-state index is -0.255. The van der Waals surface area contributed by atoms with Crippen molar-refractivity contribution in [2.75, 3.05) is 9.80 Å². The SMILES string of the molecule is CC1(C)CCCC(C)(C)C1(c1ccccc1)c1ccnc(-n2c3[c-]c(Oc4[c-]c(N5[CH-]N(c6c(-c7ccccc7)cccc6-c6ccccc6)c6ccccc65)ccc4)ccc3c3ccccc32)c1.[Pt]. The van der Waals surface area contributed by atoms with Crippen molar-refractivity contribution in [2.24, 2.45) is 10.8 Å². The Kier molecular flexibility index (Phi) is 11.6. The summed E-state index contributed by atoms with van der Waals surface area (Å²) in [4.78, 5) is 9.67. The monoisotopic (exact) mass is 1090 g/mol. The summed E-state index contributed by atoms with van der Waals surface area (Å²) in [5.74, 6) is 2.06. The molecular formula is C64H53N4OPt-3. The normalized spacial score (nSPS) is 15.7. The van der Waals surface area contributed by atoms with Gasteiger partial charge in [-0.05, 0) is 81.6 Å². The van der Waals surface area contributed by atoms with Crippen molar-refractivity contribution in [2.45, 2.75) is 52.4 Å². The van der Waals surface area contributed by atoms with Crippen LogP contribution in [-0.2, 0) is 26.5 Å². The molecule has 12 rings (SSSR count). The summed E-state index contributed by atoms with van der Waals surface area (Å²) in [7, 11) is 0. The summed E-state index contributed by atoms with van der Waals surface area (Å²) in [6.07, 6.45) is 5.50. The van der Waals surface area contributed by atoms with Gasteiger partial charge in [-0.25, -0.2) is 4.98 Å². The van der Waals surface area contributed by atoms with E-state index < -0.39 is 0 Å². The van der Waals surface area contributed by atoms with Crippen LogP contribution in [0, 0.1) is 29.6 Å². The molecule has 6 heteroatoms. The molecule has 0 bridgehead atoms. The number of hydrogen-bond donors (Lipinski definition) is 0. The zero-order chi connectivity index (χ0) is 46.7. The molecule has 3 heterocycles. The minimum Gasteiger partial charge on any atom is -0.509 e. The van der Waals surface area contributed by atoms with Gasteiger partial charge < -0.3 is 19.1 Å². The van der Waals surface area contributed by atoms with E-state index in [1.54, 1.807) is 0 Å². The second kappa shape index (κ2) is 18.0. The molecule has 2 aliphatic rings. The van der Waals surface area contributed by atoms with E-state index in [4.69, 9.17) is 9.72 Å². The molecule has 0 saturated heterocycles. The summed E-state index contributed by atoms with van der Waals surface area (Å²) >= 11 is 0. The van der Waals surface area contributed by atoms with E-state index in [1.807, 2.05) is 24.4 Å². The first-order chi connectivity index (χ1) is 33.7. The van der Waals surface area contributed by atoms with E-state index in [1.165, 1.54) is 17.5 Å². The fourth-order valence-electron chi connectivity index (χ4n) is 12.4. The number of ether oxygens (including phenoxy) is 1. The molecule has 8 aromatic carbocycles. The second-order valence-electron chi connectivity index (χ2n) is 19.9. The van der Waals surface area contributed by atoms with Gasteiger partial charge in [0.15, 0.2) is 0 Å². The van der Waals surface area contributed by atoms with Gasteiger partial charge in [0.1, 0.15) is 5.82 Å². The Balaban J connectivity index is 0.00000533. The number of benzene rings is 8. The fraction of sp³-hybridized carbons (Fsp3) is 0.156. The van der Waals surface area contributed by atoms with E-state index in [0.717, 1.165) is 85.5 Å². The number of fused-ring (bicyclic) bond motifs is 4. The van der Waals surface area contributed by atoms with Crippen LogP contribution in [0.15, 0.2) is 206 Å². The average Bonchev–Trinajstić information content (AvgIpc) is 3.93. The summed E-state index contributed by atoms with van der Waals surface area (Å²) < 4.78 is 9.04. The quantitative estimate of drug-likeness (QED) is 0.135. The number of nitrogens with zero attached hydrogens (tertiary/aromatic N) is 4. The third-order valence-corrected chi connectivity index (χ3v) is 15.1. The first-order valence-electron chi connectivity index (χ1n) is 24.2. The molecule has 1 aliphatic heterocycles. The molecule has 1 aliphatic carbocycles. The first kappa shape index (κ1) is 45.3. The Morgan fingerprint density at radius 1 is 0.529 bits per heavy atom. The minimum absolute atomic E-state index is 0. The van der Waals surface area contributed by atoms with Crippen LogP contribution >= 0.6 is 0 Å². The van der Waals surface area contributed by atoms with Gasteiger partial charge in [0.25, 0.3) is 0 Å². The Bertz CT molecular complexity index is 3440. The molecular weight excluding hydrogens is 1040 g/mol. The van der Waals surface area contributed by atoms with Crippen molar-refractivity contribution in [3.8, 4) is 39.6 Å². The molecule has 70 heavy (non-hydrogen) atoms. The Morgan fingerprint density at radius 2 is 1.11 bits per heavy atom. The molecule has 0 unspecified atom stereocenters. The topological polar surface area (TPSA) is 33.5 Å². The number of anilines is 4. The van der Waals surface area contributed by atoms with E-state index in [2.05, 4.69) is 243 Å². The van der Waals surface area contributed by atoms with Crippen LogP contribution < -0.4 is 14.5 Å². The molecule has 0 amide bonds. The maximum atomic E-state index is 6.78. The number of para-hydroxylation sites is 4. The molecule has 348 valence electrons. The third-order valence-electron chi connectivity index (χ3n) is 15.1. The smallest absolute Gasteiger partial charge is 0.135 e. The molecule has 10 aromatic rings. The van der Waals surface area contributed by atoms with E-state index in [9.17, 15) is 0 Å². The van der Waals surface area contributed by atoms with Crippen LogP contribution in [0.4, 0.5) is 22.7 Å². The molecule has 0 atom stereocenters. The average molecular weight is 1090 g/mol. The van der Waals surface area contributed by atoms with Crippen molar-refractivity contribution >= 4 is 44.6 Å². The first-order valence-corrected chi connectivity index (χ1v) is 24.2. The van der Waals surface area contributed by atoms with Crippen LogP contribution in [0.2, 0.25) is 0 Å². The van der Waals surface area contributed by atoms with Gasteiger partial charge in [-0.2, -0.15) is 12.1 Å². The summed E-state index contributed by atoms with van der Waals surface area (Å²) in [6.45, 7) is 12.1. The van der Waals surface area contributed by atoms with Gasteiger partial charge in [-0.1, -0.05) is 179 Å². The van der Waals surface area contributed by atoms with Gasteiger partial charge >= 0.3 is 0 Å². The maximum Gasteiger partial charge on any atom is 0.135 e. The summed E-state index contributed by atoms with van der Waals surface area (Å²) in [5, 5.41) is 2.23. The number of rotatable bonds is 9. The van der Waals surface area contributed by atoms with Crippen molar-refractivity contribution in [3.63, 3.8) is 0 Å². The standard InChI is InChI=1S/C64H53N4O.Pt/c1-62(2)38-20-39-63(3,4)64(62,47-25-12-7-13-26-47)48-37-40-65-60(41-48)68-56-32-15-14-29-54(56)55-36-35-51(43-59(55)68)69-50-28-18-27-49(42-50)66-44-67(58-34-17-16-33-57(58)66)61-52(45-21-8-5-9-22-45)30-19-31-53(61)46-23-10-6-11-24-46;/h5-19,21-37,40-41,44H,20,38-39H2,1-4H3;/q-3;. The number of aromatic nitrogens is 2. The van der Waals surface area contributed by atoms with Gasteiger partial charge in [-0.15, -0.1) is 48.1 Å². The van der Waals surface area contributed by atoms with E-state index >= 15 is 0 Å². The van der Waals surface area contributed by atoms with Crippen LogP contribution in [0.1, 0.15) is 58.1 Å². The van der Waals surface area contributed by atoms with Crippen LogP contribution in [0.5, 0.6) is 11.5 Å². The van der Waals surface area contributed by atoms with Crippen molar-refractivity contribution < 1.29 is 25.8 Å². The Labute approximate surface area is 426 Å². The molecule has 5 nitrogen and oxygen atoms in total. The molecule has 0 spiro atoms. The molecule has 0 N–H and O–H groups in total. The molecule has 0 radical (unpaired) electrons. The summed E-state index contributed by atoms with van der Waals surface area (Å²) in [6, 6.07) is 78.5. The van der Waals surface area contributed by atoms with Crippen LogP contribution in [-0.4, -0.2) is 9.55 Å². The van der Waals surface area contributed by atoms with Gasteiger partial charge in [0.05, 0.1) is 0 Å². The Hall–Kier alpha value is -7.20. The van der Waals surface area contributed by atoms with Crippen molar-refractivity contribution in [3.05, 3.63) is 236 Å². The molecule has 1 saturated carbocycles. The summed E-state index contributed by atoms with van der Waals surface area (Å²) in [5.41, 5.74) is 13.0. The zero-order valence-corrected chi connectivity index (χ0v) is 42.1. The third kappa shape index (κ3) is 7.37. The second-order valence-corrected chi connectivity index (χ2v) is 19.9. The Morgan fingerprint density at radius 3 is 1.80 bits per heavy atom. The fourth-order valence-corrected chi connectivity index (χ4v) is 12.4. The number of pyridine rings is 1. The van der Waals surface area contributed by atoms with Crippen molar-refractivity contribution in [1.29, 1.82) is 0 Å². The number of hydrogen-bond acceptors (Lipinski definition) is 4. The predicted molar refractivity (Wildman–Crippen MR) is 284 cm³/mol.